The van der Waals surface area contributed by atoms with E-state index in [2.05, 4.69) is 4.98 Å². The molecule has 2 rings (SSSR count). The highest BCUT2D eigenvalue weighted by molar-refractivity contribution is 5.93. The molecular weight excluding hydrogens is 280 g/mol. The molecule has 22 heavy (non-hydrogen) atoms. The fraction of sp³-hybridized carbons (Fsp3) is 0.294. The Morgan fingerprint density at radius 3 is 2.50 bits per heavy atom. The Balaban J connectivity index is 2.14. The van der Waals surface area contributed by atoms with Crippen LogP contribution in [-0.2, 0) is 11.3 Å². The Labute approximate surface area is 130 Å². The molecule has 0 atom stereocenters. The summed E-state index contributed by atoms with van der Waals surface area (Å²) in [5.41, 5.74) is 1.61. The van der Waals surface area contributed by atoms with Crippen LogP contribution in [0.15, 0.2) is 48.7 Å². The minimum atomic E-state index is -0.0731. The fourth-order valence-corrected chi connectivity index (χ4v) is 2.07. The average molecular weight is 300 g/mol. The van der Waals surface area contributed by atoms with Crippen molar-refractivity contribution < 1.29 is 14.3 Å². The maximum absolute atomic E-state index is 12.6. The van der Waals surface area contributed by atoms with Crippen LogP contribution < -0.4 is 4.74 Å². The molecule has 1 heterocycles. The second-order valence-corrected chi connectivity index (χ2v) is 4.79. The van der Waals surface area contributed by atoms with E-state index in [1.807, 2.05) is 30.3 Å². The van der Waals surface area contributed by atoms with Crippen LogP contribution >= 0.6 is 0 Å². The number of hydrogen-bond acceptors (Lipinski definition) is 4. The van der Waals surface area contributed by atoms with Crippen molar-refractivity contribution in [3.05, 3.63) is 59.8 Å². The Morgan fingerprint density at radius 2 is 1.91 bits per heavy atom. The number of benzene rings is 1. The second-order valence-electron chi connectivity index (χ2n) is 4.79. The van der Waals surface area contributed by atoms with Crippen LogP contribution in [0.5, 0.6) is 5.88 Å². The van der Waals surface area contributed by atoms with Gasteiger partial charge in [-0.1, -0.05) is 30.3 Å². The van der Waals surface area contributed by atoms with Gasteiger partial charge in [-0.15, -0.1) is 0 Å². The first-order valence-corrected chi connectivity index (χ1v) is 7.06. The number of carbonyl (C=O) groups is 1. The first kappa shape index (κ1) is 16.0. The van der Waals surface area contributed by atoms with Crippen LogP contribution in [0.1, 0.15) is 15.9 Å². The summed E-state index contributed by atoms with van der Waals surface area (Å²) in [6.07, 6.45) is 1.53. The summed E-state index contributed by atoms with van der Waals surface area (Å²) in [7, 11) is 3.17. The van der Waals surface area contributed by atoms with E-state index in [0.29, 0.717) is 31.1 Å². The van der Waals surface area contributed by atoms with E-state index in [4.69, 9.17) is 9.47 Å². The summed E-state index contributed by atoms with van der Waals surface area (Å²) in [5.74, 6) is 0.416. The zero-order valence-corrected chi connectivity index (χ0v) is 12.9. The molecule has 0 fully saturated rings. The number of ether oxygens (including phenoxy) is 2. The minimum Gasteiger partial charge on any atom is -0.481 e. The molecule has 2 aromatic rings. The average Bonchev–Trinajstić information content (AvgIpc) is 2.59. The standard InChI is InChI=1S/C17H20N2O3/c1-21-11-10-19(13-14-6-4-3-5-7-14)17(20)15-8-9-16(22-2)18-12-15/h3-9,12H,10-11,13H2,1-2H3. The van der Waals surface area contributed by atoms with Crippen molar-refractivity contribution in [2.24, 2.45) is 0 Å². The highest BCUT2D eigenvalue weighted by Gasteiger charge is 2.16. The number of rotatable bonds is 7. The van der Waals surface area contributed by atoms with Gasteiger partial charge in [-0.05, 0) is 11.6 Å². The van der Waals surface area contributed by atoms with E-state index in [1.54, 1.807) is 31.3 Å². The van der Waals surface area contributed by atoms with Gasteiger partial charge in [-0.2, -0.15) is 0 Å². The van der Waals surface area contributed by atoms with Gasteiger partial charge in [-0.25, -0.2) is 4.98 Å². The van der Waals surface area contributed by atoms with Crippen molar-refractivity contribution >= 4 is 5.91 Å². The lowest BCUT2D eigenvalue weighted by atomic mass is 10.2. The number of amides is 1. The molecule has 5 nitrogen and oxygen atoms in total. The third kappa shape index (κ3) is 4.30. The number of carbonyl (C=O) groups excluding carboxylic acids is 1. The van der Waals surface area contributed by atoms with Crippen molar-refractivity contribution in [3.8, 4) is 5.88 Å². The van der Waals surface area contributed by atoms with E-state index >= 15 is 0 Å². The number of nitrogens with zero attached hydrogens (tertiary/aromatic N) is 2. The summed E-state index contributed by atoms with van der Waals surface area (Å²) in [4.78, 5) is 18.5. The maximum Gasteiger partial charge on any atom is 0.255 e. The Kier molecular flexibility index (Phi) is 5.91. The highest BCUT2D eigenvalue weighted by atomic mass is 16.5. The van der Waals surface area contributed by atoms with Gasteiger partial charge < -0.3 is 14.4 Å². The van der Waals surface area contributed by atoms with Crippen LogP contribution in [0.25, 0.3) is 0 Å². The lowest BCUT2D eigenvalue weighted by molar-refractivity contribution is 0.0680. The fourth-order valence-electron chi connectivity index (χ4n) is 2.07. The van der Waals surface area contributed by atoms with Crippen molar-refractivity contribution in [1.82, 2.24) is 9.88 Å². The Hall–Kier alpha value is -2.40. The molecule has 0 saturated heterocycles. The van der Waals surface area contributed by atoms with Crippen LogP contribution in [0.3, 0.4) is 0 Å². The van der Waals surface area contributed by atoms with Crippen molar-refractivity contribution in [1.29, 1.82) is 0 Å². The van der Waals surface area contributed by atoms with Gasteiger partial charge in [0.1, 0.15) is 0 Å². The van der Waals surface area contributed by atoms with Crippen LogP contribution in [0.2, 0.25) is 0 Å². The van der Waals surface area contributed by atoms with Crippen molar-refractivity contribution in [3.63, 3.8) is 0 Å². The summed E-state index contributed by atoms with van der Waals surface area (Å²) in [6.45, 7) is 1.55. The molecule has 116 valence electrons. The van der Waals surface area contributed by atoms with E-state index in [-0.39, 0.29) is 5.91 Å². The van der Waals surface area contributed by atoms with E-state index in [9.17, 15) is 4.79 Å². The molecule has 0 bridgehead atoms. The van der Waals surface area contributed by atoms with Crippen molar-refractivity contribution in [2.45, 2.75) is 6.54 Å². The van der Waals surface area contributed by atoms with Gasteiger partial charge in [0.2, 0.25) is 5.88 Å². The molecule has 0 N–H and O–H groups in total. The summed E-state index contributed by atoms with van der Waals surface area (Å²) < 4.78 is 10.1. The lowest BCUT2D eigenvalue weighted by Crippen LogP contribution is -2.33. The topological polar surface area (TPSA) is 51.7 Å². The molecule has 0 aliphatic heterocycles. The molecule has 1 aromatic heterocycles. The number of pyridine rings is 1. The molecule has 0 radical (unpaired) electrons. The summed E-state index contributed by atoms with van der Waals surface area (Å²) in [6, 6.07) is 13.3. The predicted octanol–water partition coefficient (Wildman–Crippen LogP) is 2.38. The van der Waals surface area contributed by atoms with Gasteiger partial charge in [0, 0.05) is 32.5 Å². The molecule has 1 amide bonds. The van der Waals surface area contributed by atoms with Crippen LogP contribution in [-0.4, -0.2) is 43.2 Å². The summed E-state index contributed by atoms with van der Waals surface area (Å²) >= 11 is 0. The Morgan fingerprint density at radius 1 is 1.14 bits per heavy atom. The SMILES string of the molecule is COCCN(Cc1ccccc1)C(=O)c1ccc(OC)nc1. The quantitative estimate of drug-likeness (QED) is 0.788. The molecule has 0 aliphatic carbocycles. The highest BCUT2D eigenvalue weighted by Crippen LogP contribution is 2.12. The van der Waals surface area contributed by atoms with Gasteiger partial charge >= 0.3 is 0 Å². The summed E-state index contributed by atoms with van der Waals surface area (Å²) in [5, 5.41) is 0. The molecule has 0 unspecified atom stereocenters. The third-order valence-corrected chi connectivity index (χ3v) is 3.26. The number of hydrogen-bond donors (Lipinski definition) is 0. The monoisotopic (exact) mass is 300 g/mol. The number of methoxy groups -OCH3 is 2. The van der Waals surface area contributed by atoms with E-state index < -0.39 is 0 Å². The van der Waals surface area contributed by atoms with Gasteiger partial charge in [-0.3, -0.25) is 4.79 Å². The molecule has 1 aromatic carbocycles. The van der Waals surface area contributed by atoms with E-state index in [1.165, 1.54) is 6.20 Å². The van der Waals surface area contributed by atoms with Crippen molar-refractivity contribution in [2.75, 3.05) is 27.4 Å². The molecule has 0 spiro atoms. The largest absolute Gasteiger partial charge is 0.481 e. The Bertz CT molecular complexity index is 585. The van der Waals surface area contributed by atoms with Gasteiger partial charge in [0.25, 0.3) is 5.91 Å². The molecule has 0 aliphatic rings. The first-order chi connectivity index (χ1) is 10.7. The molecule has 5 heteroatoms. The molecule has 0 saturated carbocycles. The minimum absolute atomic E-state index is 0.0731. The van der Waals surface area contributed by atoms with Crippen LogP contribution in [0, 0.1) is 0 Å². The smallest absolute Gasteiger partial charge is 0.255 e. The lowest BCUT2D eigenvalue weighted by Gasteiger charge is -2.22. The van der Waals surface area contributed by atoms with Gasteiger partial charge in [0.05, 0.1) is 19.3 Å². The number of aromatic nitrogens is 1. The third-order valence-electron chi connectivity index (χ3n) is 3.26. The normalized spacial score (nSPS) is 10.3. The maximum atomic E-state index is 12.6. The predicted molar refractivity (Wildman–Crippen MR) is 83.8 cm³/mol. The second kappa shape index (κ2) is 8.14. The van der Waals surface area contributed by atoms with Gasteiger partial charge in [0.15, 0.2) is 0 Å². The zero-order valence-electron chi connectivity index (χ0n) is 12.9. The molecular formula is C17H20N2O3. The first-order valence-electron chi connectivity index (χ1n) is 7.06. The van der Waals surface area contributed by atoms with E-state index in [0.717, 1.165) is 5.56 Å². The van der Waals surface area contributed by atoms with Crippen LogP contribution in [0.4, 0.5) is 0 Å². The zero-order chi connectivity index (χ0) is 15.8.